The van der Waals surface area contributed by atoms with Crippen molar-refractivity contribution in [3.05, 3.63) is 65.2 Å². The van der Waals surface area contributed by atoms with Gasteiger partial charge in [-0.15, -0.1) is 0 Å². The standard InChI is InChI=1S/C29H38O4/c1-6-32-26(31)8-7-17-33-25-15-11-22(12-16-25)27(21-9-13-24(30)14-10-21)23-18-28(2,3)20-29(4,5)19-23/h9-16,30H,6-8,17-20H2,1-5H3. The van der Waals surface area contributed by atoms with Crippen LogP contribution in [0, 0.1) is 10.8 Å². The molecule has 2 aromatic carbocycles. The van der Waals surface area contributed by atoms with Crippen LogP contribution < -0.4 is 4.74 Å². The minimum Gasteiger partial charge on any atom is -0.508 e. The Bertz CT molecular complexity index is 948. The second-order valence-electron chi connectivity index (χ2n) is 10.7. The van der Waals surface area contributed by atoms with E-state index in [1.807, 2.05) is 31.2 Å². The third-order valence-electron chi connectivity index (χ3n) is 6.09. The van der Waals surface area contributed by atoms with Crippen molar-refractivity contribution < 1.29 is 19.4 Å². The molecule has 33 heavy (non-hydrogen) atoms. The number of aromatic hydroxyl groups is 1. The predicted octanol–water partition coefficient (Wildman–Crippen LogP) is 7.15. The van der Waals surface area contributed by atoms with Gasteiger partial charge in [0, 0.05) is 6.42 Å². The number of phenolic OH excluding ortho intramolecular Hbond substituents is 1. The van der Waals surface area contributed by atoms with Crippen LogP contribution in [0.3, 0.4) is 0 Å². The molecule has 4 nitrogen and oxygen atoms in total. The number of esters is 1. The second kappa shape index (κ2) is 10.5. The molecule has 0 spiro atoms. The van der Waals surface area contributed by atoms with E-state index in [0.29, 0.717) is 26.1 Å². The summed E-state index contributed by atoms with van der Waals surface area (Å²) in [6.07, 6.45) is 4.31. The van der Waals surface area contributed by atoms with Crippen molar-refractivity contribution in [1.29, 1.82) is 0 Å². The molecule has 0 unspecified atom stereocenters. The van der Waals surface area contributed by atoms with Crippen molar-refractivity contribution in [2.75, 3.05) is 13.2 Å². The molecule has 178 valence electrons. The molecule has 0 aromatic heterocycles. The molecule has 1 fully saturated rings. The second-order valence-corrected chi connectivity index (χ2v) is 10.7. The van der Waals surface area contributed by atoms with E-state index in [1.165, 1.54) is 17.6 Å². The Morgan fingerprint density at radius 2 is 1.45 bits per heavy atom. The van der Waals surface area contributed by atoms with Crippen LogP contribution in [-0.4, -0.2) is 24.3 Å². The van der Waals surface area contributed by atoms with Gasteiger partial charge in [-0.3, -0.25) is 4.79 Å². The highest BCUT2D eigenvalue weighted by atomic mass is 16.5. The van der Waals surface area contributed by atoms with Crippen molar-refractivity contribution >= 4 is 11.5 Å². The van der Waals surface area contributed by atoms with Gasteiger partial charge in [0.2, 0.25) is 0 Å². The summed E-state index contributed by atoms with van der Waals surface area (Å²) in [5, 5.41) is 9.83. The van der Waals surface area contributed by atoms with Crippen LogP contribution in [0.5, 0.6) is 11.5 Å². The number of phenols is 1. The Labute approximate surface area is 198 Å². The number of ether oxygens (including phenoxy) is 2. The molecule has 0 bridgehead atoms. The molecular formula is C29H38O4. The van der Waals surface area contributed by atoms with Gasteiger partial charge in [-0.2, -0.15) is 0 Å². The smallest absolute Gasteiger partial charge is 0.305 e. The Morgan fingerprint density at radius 1 is 0.909 bits per heavy atom. The Balaban J connectivity index is 1.84. The summed E-state index contributed by atoms with van der Waals surface area (Å²) in [5.41, 5.74) is 5.47. The fourth-order valence-electron chi connectivity index (χ4n) is 5.38. The fraction of sp³-hybridized carbons (Fsp3) is 0.483. The van der Waals surface area contributed by atoms with E-state index < -0.39 is 0 Å². The normalized spacial score (nSPS) is 16.8. The molecule has 1 aliphatic carbocycles. The number of benzene rings is 2. The molecule has 2 aromatic rings. The maximum atomic E-state index is 11.5. The topological polar surface area (TPSA) is 55.8 Å². The predicted molar refractivity (Wildman–Crippen MR) is 133 cm³/mol. The van der Waals surface area contributed by atoms with Gasteiger partial charge in [0.15, 0.2) is 0 Å². The van der Waals surface area contributed by atoms with Gasteiger partial charge in [0.1, 0.15) is 11.5 Å². The summed E-state index contributed by atoms with van der Waals surface area (Å²) < 4.78 is 10.8. The quantitative estimate of drug-likeness (QED) is 0.343. The van der Waals surface area contributed by atoms with Crippen LogP contribution in [0.1, 0.15) is 77.8 Å². The summed E-state index contributed by atoms with van der Waals surface area (Å²) in [4.78, 5) is 11.5. The zero-order chi connectivity index (χ0) is 24.1. The van der Waals surface area contributed by atoms with Gasteiger partial charge in [-0.05, 0) is 84.4 Å². The average molecular weight is 451 g/mol. The molecule has 0 aliphatic heterocycles. The molecule has 1 N–H and O–H groups in total. The van der Waals surface area contributed by atoms with Gasteiger partial charge in [0.05, 0.1) is 13.2 Å². The lowest BCUT2D eigenvalue weighted by molar-refractivity contribution is -0.143. The first kappa shape index (κ1) is 24.9. The van der Waals surface area contributed by atoms with Crippen molar-refractivity contribution in [2.45, 2.75) is 66.7 Å². The van der Waals surface area contributed by atoms with Crippen LogP contribution in [0.15, 0.2) is 54.1 Å². The SMILES string of the molecule is CCOC(=O)CCCOc1ccc(C(=C2CC(C)(C)CC(C)(C)C2)c2ccc(O)cc2)cc1. The molecule has 1 saturated carbocycles. The number of carbonyl (C=O) groups is 1. The van der Waals surface area contributed by atoms with Crippen molar-refractivity contribution in [3.8, 4) is 11.5 Å². The summed E-state index contributed by atoms with van der Waals surface area (Å²) in [5.74, 6) is 0.890. The maximum Gasteiger partial charge on any atom is 0.305 e. The first-order chi connectivity index (χ1) is 15.6. The number of hydrogen-bond acceptors (Lipinski definition) is 4. The lowest BCUT2D eigenvalue weighted by Gasteiger charge is -2.43. The molecule has 0 saturated heterocycles. The van der Waals surface area contributed by atoms with Crippen LogP contribution in [0.4, 0.5) is 0 Å². The van der Waals surface area contributed by atoms with Crippen molar-refractivity contribution in [1.82, 2.24) is 0 Å². The average Bonchev–Trinajstić information content (AvgIpc) is 2.72. The largest absolute Gasteiger partial charge is 0.508 e. The minimum absolute atomic E-state index is 0.181. The van der Waals surface area contributed by atoms with E-state index in [-0.39, 0.29) is 22.5 Å². The molecule has 0 heterocycles. The Hall–Kier alpha value is -2.75. The van der Waals surface area contributed by atoms with E-state index in [2.05, 4.69) is 39.8 Å². The summed E-state index contributed by atoms with van der Waals surface area (Å²) in [6.45, 7) is 12.1. The van der Waals surface area contributed by atoms with Crippen molar-refractivity contribution in [3.63, 3.8) is 0 Å². The Morgan fingerprint density at radius 3 is 2.00 bits per heavy atom. The molecule has 0 radical (unpaired) electrons. The first-order valence-electron chi connectivity index (χ1n) is 12.0. The lowest BCUT2D eigenvalue weighted by Crippen LogP contribution is -2.30. The highest BCUT2D eigenvalue weighted by molar-refractivity contribution is 5.83. The third-order valence-corrected chi connectivity index (χ3v) is 6.09. The van der Waals surface area contributed by atoms with E-state index in [4.69, 9.17) is 9.47 Å². The van der Waals surface area contributed by atoms with Gasteiger partial charge in [-0.25, -0.2) is 0 Å². The van der Waals surface area contributed by atoms with Crippen LogP contribution in [-0.2, 0) is 9.53 Å². The molecule has 0 amide bonds. The van der Waals surface area contributed by atoms with E-state index in [1.54, 1.807) is 12.1 Å². The maximum absolute atomic E-state index is 11.5. The monoisotopic (exact) mass is 450 g/mol. The van der Waals surface area contributed by atoms with Crippen molar-refractivity contribution in [2.24, 2.45) is 10.8 Å². The van der Waals surface area contributed by atoms with Crippen LogP contribution >= 0.6 is 0 Å². The highest BCUT2D eigenvalue weighted by Crippen LogP contribution is 2.50. The first-order valence-corrected chi connectivity index (χ1v) is 12.0. The minimum atomic E-state index is -0.181. The van der Waals surface area contributed by atoms with Gasteiger partial charge < -0.3 is 14.6 Å². The number of carbonyl (C=O) groups excluding carboxylic acids is 1. The summed E-state index contributed by atoms with van der Waals surface area (Å²) in [6, 6.07) is 15.8. The van der Waals surface area contributed by atoms with E-state index in [0.717, 1.165) is 29.7 Å². The summed E-state index contributed by atoms with van der Waals surface area (Å²) >= 11 is 0. The zero-order valence-electron chi connectivity index (χ0n) is 20.7. The van der Waals surface area contributed by atoms with Crippen LogP contribution in [0.2, 0.25) is 0 Å². The lowest BCUT2D eigenvalue weighted by atomic mass is 9.62. The molecular weight excluding hydrogens is 412 g/mol. The van der Waals surface area contributed by atoms with Gasteiger partial charge in [0.25, 0.3) is 0 Å². The molecule has 1 aliphatic rings. The Kier molecular flexibility index (Phi) is 7.88. The fourth-order valence-corrected chi connectivity index (χ4v) is 5.38. The number of rotatable bonds is 8. The van der Waals surface area contributed by atoms with Gasteiger partial charge in [-0.1, -0.05) is 57.5 Å². The molecule has 0 atom stereocenters. The number of allylic oxidation sites excluding steroid dienone is 1. The summed E-state index contributed by atoms with van der Waals surface area (Å²) in [7, 11) is 0. The van der Waals surface area contributed by atoms with E-state index >= 15 is 0 Å². The third kappa shape index (κ3) is 7.12. The van der Waals surface area contributed by atoms with Crippen LogP contribution in [0.25, 0.3) is 5.57 Å². The molecule has 3 rings (SSSR count). The van der Waals surface area contributed by atoms with Gasteiger partial charge >= 0.3 is 5.97 Å². The molecule has 4 heteroatoms. The van der Waals surface area contributed by atoms with E-state index in [9.17, 15) is 9.90 Å². The highest BCUT2D eigenvalue weighted by Gasteiger charge is 2.37. The number of hydrogen-bond donors (Lipinski definition) is 1. The zero-order valence-corrected chi connectivity index (χ0v) is 20.7.